The molecular formula is C28H36N2O4. The van der Waals surface area contributed by atoms with Gasteiger partial charge in [-0.3, -0.25) is 9.59 Å². The second-order valence-electron chi connectivity index (χ2n) is 9.96. The molecule has 0 aliphatic heterocycles. The molecule has 6 nitrogen and oxygen atoms in total. The fourth-order valence-electron chi connectivity index (χ4n) is 5.65. The molecule has 182 valence electrons. The summed E-state index contributed by atoms with van der Waals surface area (Å²) in [5, 5.41) is 28.5. The van der Waals surface area contributed by atoms with Crippen LogP contribution in [0.25, 0.3) is 0 Å². The summed E-state index contributed by atoms with van der Waals surface area (Å²) in [5.41, 5.74) is -0.650. The van der Waals surface area contributed by atoms with Gasteiger partial charge in [0.05, 0.1) is 23.3 Å². The predicted octanol–water partition coefficient (Wildman–Crippen LogP) is 4.09. The molecule has 34 heavy (non-hydrogen) atoms. The molecule has 0 unspecified atom stereocenters. The maximum atomic E-state index is 13.1. The van der Waals surface area contributed by atoms with E-state index in [1.807, 2.05) is 60.7 Å². The first-order valence-electron chi connectivity index (χ1n) is 12.6. The Kier molecular flexibility index (Phi) is 7.69. The number of benzene rings is 2. The van der Waals surface area contributed by atoms with Gasteiger partial charge in [-0.2, -0.15) is 0 Å². The van der Waals surface area contributed by atoms with E-state index in [1.54, 1.807) is 0 Å². The normalized spacial score (nSPS) is 21.1. The lowest BCUT2D eigenvalue weighted by atomic mass is 9.76. The Hall–Kier alpha value is -2.70. The number of rotatable bonds is 6. The molecule has 2 aromatic carbocycles. The molecule has 0 radical (unpaired) electrons. The Labute approximate surface area is 201 Å². The van der Waals surface area contributed by atoms with Crippen LogP contribution in [0.5, 0.6) is 0 Å². The van der Waals surface area contributed by atoms with E-state index < -0.39 is 35.1 Å². The Morgan fingerprint density at radius 3 is 1.24 bits per heavy atom. The summed E-state index contributed by atoms with van der Waals surface area (Å²) in [4.78, 5) is 26.3. The van der Waals surface area contributed by atoms with Crippen LogP contribution in [0.15, 0.2) is 60.7 Å². The largest absolute Gasteiger partial charge is 0.387 e. The van der Waals surface area contributed by atoms with Crippen LogP contribution in [0, 0.1) is 0 Å². The van der Waals surface area contributed by atoms with Crippen LogP contribution in [0.2, 0.25) is 0 Å². The van der Waals surface area contributed by atoms with E-state index in [2.05, 4.69) is 10.6 Å². The van der Waals surface area contributed by atoms with Crippen molar-refractivity contribution >= 4 is 11.8 Å². The second-order valence-corrected chi connectivity index (χ2v) is 9.96. The molecule has 2 atom stereocenters. The number of hydrogen-bond acceptors (Lipinski definition) is 4. The summed E-state index contributed by atoms with van der Waals surface area (Å²) < 4.78 is 0. The maximum absolute atomic E-state index is 13.1. The van der Waals surface area contributed by atoms with Gasteiger partial charge in [-0.1, -0.05) is 99.2 Å². The number of hydrogen-bond donors (Lipinski definition) is 4. The average molecular weight is 465 g/mol. The minimum Gasteiger partial charge on any atom is -0.387 e. The number of amides is 2. The van der Waals surface area contributed by atoms with E-state index in [-0.39, 0.29) is 0 Å². The second kappa shape index (κ2) is 10.7. The third-order valence-electron chi connectivity index (χ3n) is 7.54. The zero-order valence-corrected chi connectivity index (χ0v) is 19.7. The van der Waals surface area contributed by atoms with Crippen LogP contribution in [-0.2, 0) is 9.59 Å². The Morgan fingerprint density at radius 1 is 0.588 bits per heavy atom. The van der Waals surface area contributed by atoms with E-state index in [1.165, 1.54) is 0 Å². The Balaban J connectivity index is 1.55. The van der Waals surface area contributed by atoms with E-state index in [0.29, 0.717) is 25.7 Å². The molecule has 0 saturated heterocycles. The lowest BCUT2D eigenvalue weighted by Crippen LogP contribution is -2.54. The quantitative estimate of drug-likeness (QED) is 0.484. The highest BCUT2D eigenvalue weighted by molar-refractivity contribution is 6.35. The lowest BCUT2D eigenvalue weighted by molar-refractivity contribution is -0.143. The van der Waals surface area contributed by atoms with Gasteiger partial charge in [0.25, 0.3) is 0 Å². The standard InChI is InChI=1S/C28H36N2O4/c31-25(29-23(21-13-5-1-6-14-21)27(33)17-9-3-10-18-27)26(32)30-24(22-15-7-2-8-16-22)28(34)19-11-4-12-20-28/h1-2,5-8,13-16,23-24,33-34H,3-4,9-12,17-20H2,(H,29,31)(H,30,32)/t23-,24-/m1/s1. The molecule has 0 spiro atoms. The molecular weight excluding hydrogens is 428 g/mol. The van der Waals surface area contributed by atoms with Crippen molar-refractivity contribution in [2.24, 2.45) is 0 Å². The van der Waals surface area contributed by atoms with Crippen LogP contribution in [-0.4, -0.2) is 33.2 Å². The van der Waals surface area contributed by atoms with Gasteiger partial charge in [-0.15, -0.1) is 0 Å². The summed E-state index contributed by atoms with van der Waals surface area (Å²) in [6.45, 7) is 0. The maximum Gasteiger partial charge on any atom is 0.309 e. The average Bonchev–Trinajstić information content (AvgIpc) is 2.87. The van der Waals surface area contributed by atoms with Crippen molar-refractivity contribution in [2.75, 3.05) is 0 Å². The van der Waals surface area contributed by atoms with Gasteiger partial charge in [-0.05, 0) is 36.8 Å². The molecule has 2 aliphatic rings. The van der Waals surface area contributed by atoms with Crippen molar-refractivity contribution in [2.45, 2.75) is 87.5 Å². The smallest absolute Gasteiger partial charge is 0.309 e. The molecule has 0 bridgehead atoms. The van der Waals surface area contributed by atoms with Gasteiger partial charge in [0.15, 0.2) is 0 Å². The summed E-state index contributed by atoms with van der Waals surface area (Å²) in [6.07, 6.45) is 7.90. The van der Waals surface area contributed by atoms with Crippen molar-refractivity contribution in [3.05, 3.63) is 71.8 Å². The van der Waals surface area contributed by atoms with Crippen LogP contribution < -0.4 is 10.6 Å². The summed E-state index contributed by atoms with van der Waals surface area (Å²) >= 11 is 0. The fourth-order valence-corrected chi connectivity index (χ4v) is 5.65. The summed E-state index contributed by atoms with van der Waals surface area (Å²) in [5.74, 6) is -1.60. The zero-order chi connectivity index (χ0) is 24.0. The van der Waals surface area contributed by atoms with E-state index in [4.69, 9.17) is 0 Å². The molecule has 4 rings (SSSR count). The van der Waals surface area contributed by atoms with Crippen molar-refractivity contribution in [1.29, 1.82) is 0 Å². The molecule has 6 heteroatoms. The van der Waals surface area contributed by atoms with Gasteiger partial charge >= 0.3 is 11.8 Å². The summed E-state index contributed by atoms with van der Waals surface area (Å²) in [6, 6.07) is 17.3. The fraction of sp³-hybridized carbons (Fsp3) is 0.500. The first-order valence-corrected chi connectivity index (χ1v) is 12.6. The number of carbonyl (C=O) groups is 2. The predicted molar refractivity (Wildman–Crippen MR) is 131 cm³/mol. The van der Waals surface area contributed by atoms with E-state index >= 15 is 0 Å². The third kappa shape index (κ3) is 5.50. The zero-order valence-electron chi connectivity index (χ0n) is 19.7. The van der Waals surface area contributed by atoms with Gasteiger partial charge in [0.2, 0.25) is 0 Å². The highest BCUT2D eigenvalue weighted by Gasteiger charge is 2.43. The molecule has 2 aromatic rings. The van der Waals surface area contributed by atoms with Gasteiger partial charge in [0.1, 0.15) is 0 Å². The molecule has 0 aromatic heterocycles. The topological polar surface area (TPSA) is 98.7 Å². The molecule has 2 fully saturated rings. The molecule has 4 N–H and O–H groups in total. The Bertz CT molecular complexity index is 871. The molecule has 2 aliphatic carbocycles. The first kappa shape index (κ1) is 24.4. The minimum atomic E-state index is -1.10. The van der Waals surface area contributed by atoms with Crippen molar-refractivity contribution in [3.63, 3.8) is 0 Å². The number of carbonyl (C=O) groups excluding carboxylic acids is 2. The summed E-state index contributed by atoms with van der Waals surface area (Å²) in [7, 11) is 0. The van der Waals surface area contributed by atoms with Crippen LogP contribution >= 0.6 is 0 Å². The number of aliphatic hydroxyl groups is 2. The number of nitrogens with one attached hydrogen (secondary N) is 2. The first-order chi connectivity index (χ1) is 16.4. The highest BCUT2D eigenvalue weighted by atomic mass is 16.3. The van der Waals surface area contributed by atoms with Crippen LogP contribution in [0.3, 0.4) is 0 Å². The van der Waals surface area contributed by atoms with Crippen molar-refractivity contribution < 1.29 is 19.8 Å². The van der Waals surface area contributed by atoms with Crippen LogP contribution in [0.4, 0.5) is 0 Å². The highest BCUT2D eigenvalue weighted by Crippen LogP contribution is 2.40. The van der Waals surface area contributed by atoms with Gasteiger partial charge < -0.3 is 20.8 Å². The minimum absolute atomic E-state index is 0.570. The van der Waals surface area contributed by atoms with Gasteiger partial charge in [0, 0.05) is 0 Å². The van der Waals surface area contributed by atoms with E-state index in [9.17, 15) is 19.8 Å². The van der Waals surface area contributed by atoms with Crippen molar-refractivity contribution in [1.82, 2.24) is 10.6 Å². The lowest BCUT2D eigenvalue weighted by Gasteiger charge is -2.41. The molecule has 2 amide bonds. The monoisotopic (exact) mass is 464 g/mol. The molecule has 2 saturated carbocycles. The van der Waals surface area contributed by atoms with E-state index in [0.717, 1.165) is 49.7 Å². The molecule has 0 heterocycles. The van der Waals surface area contributed by atoms with Crippen LogP contribution in [0.1, 0.15) is 87.4 Å². The SMILES string of the molecule is O=C(N[C@H](c1ccccc1)C1(O)CCCCC1)C(=O)N[C@H](c1ccccc1)C1(O)CCCCC1. The van der Waals surface area contributed by atoms with Gasteiger partial charge in [-0.25, -0.2) is 0 Å². The Morgan fingerprint density at radius 2 is 0.912 bits per heavy atom. The third-order valence-corrected chi connectivity index (χ3v) is 7.54. The van der Waals surface area contributed by atoms with Crippen molar-refractivity contribution in [3.8, 4) is 0 Å².